The number of aromatic nitrogens is 2. The maximum Gasteiger partial charge on any atom is 0.270 e. The minimum Gasteiger partial charge on any atom is -0.508 e. The van der Waals surface area contributed by atoms with Gasteiger partial charge in [-0.05, 0) is 74.7 Å². The molecule has 0 radical (unpaired) electrons. The van der Waals surface area contributed by atoms with Crippen molar-refractivity contribution >= 4 is 16.8 Å². The first-order valence-electron chi connectivity index (χ1n) is 12.9. The molecule has 8 heteroatoms. The number of carbonyl (C=O) groups excluding carboxylic acids is 1. The third kappa shape index (κ3) is 4.75. The van der Waals surface area contributed by atoms with E-state index in [1.165, 1.54) is 6.07 Å². The van der Waals surface area contributed by atoms with Crippen LogP contribution >= 0.6 is 0 Å². The molecule has 1 saturated heterocycles. The van der Waals surface area contributed by atoms with Gasteiger partial charge < -0.3 is 20.3 Å². The zero-order valence-electron chi connectivity index (χ0n) is 21.7. The van der Waals surface area contributed by atoms with Crippen LogP contribution in [0.2, 0.25) is 0 Å². The van der Waals surface area contributed by atoms with E-state index in [-0.39, 0.29) is 22.7 Å². The smallest absolute Gasteiger partial charge is 0.270 e. The maximum absolute atomic E-state index is 15.5. The molecule has 1 aliphatic carbocycles. The van der Waals surface area contributed by atoms with Crippen molar-refractivity contribution in [2.75, 3.05) is 20.1 Å². The van der Waals surface area contributed by atoms with Crippen molar-refractivity contribution in [2.45, 2.75) is 25.8 Å². The summed E-state index contributed by atoms with van der Waals surface area (Å²) in [4.78, 5) is 23.1. The van der Waals surface area contributed by atoms with Crippen LogP contribution < -0.4 is 5.32 Å². The lowest BCUT2D eigenvalue weighted by atomic mass is 9.58. The molecule has 2 fully saturated rings. The molecule has 2 aliphatic rings. The first-order valence-corrected chi connectivity index (χ1v) is 12.9. The largest absolute Gasteiger partial charge is 0.508 e. The number of H-pyrrole nitrogens is 1. The summed E-state index contributed by atoms with van der Waals surface area (Å²) in [7, 11) is 2.13. The molecule has 1 atom stereocenters. The Morgan fingerprint density at radius 1 is 1.18 bits per heavy atom. The number of nitrogens with one attached hydrogen (secondary N) is 2. The molecule has 39 heavy (non-hydrogen) atoms. The van der Waals surface area contributed by atoms with E-state index in [0.717, 1.165) is 38.1 Å². The number of halogens is 2. The van der Waals surface area contributed by atoms with Crippen LogP contribution in [0.4, 0.5) is 8.78 Å². The summed E-state index contributed by atoms with van der Waals surface area (Å²) in [5.41, 5.74) is 2.34. The number of aromatic amines is 1. The molecule has 1 saturated carbocycles. The van der Waals surface area contributed by atoms with E-state index >= 15 is 4.39 Å². The van der Waals surface area contributed by atoms with Crippen LogP contribution in [0.5, 0.6) is 5.75 Å². The third-order valence-electron chi connectivity index (χ3n) is 7.71. The van der Waals surface area contributed by atoms with E-state index in [0.29, 0.717) is 33.5 Å². The van der Waals surface area contributed by atoms with E-state index in [1.807, 2.05) is 6.07 Å². The van der Waals surface area contributed by atoms with Crippen molar-refractivity contribution in [3.8, 4) is 17.6 Å². The number of amides is 1. The van der Waals surface area contributed by atoms with Gasteiger partial charge in [0.25, 0.3) is 5.91 Å². The van der Waals surface area contributed by atoms with E-state index in [9.17, 15) is 14.3 Å². The van der Waals surface area contributed by atoms with Gasteiger partial charge in [0.05, 0.1) is 5.69 Å². The molecule has 1 unspecified atom stereocenters. The molecule has 1 amide bonds. The summed E-state index contributed by atoms with van der Waals surface area (Å²) < 4.78 is 29.7. The third-order valence-corrected chi connectivity index (χ3v) is 7.71. The molecule has 1 spiro atoms. The Labute approximate surface area is 225 Å². The normalized spacial score (nSPS) is 17.2. The van der Waals surface area contributed by atoms with Crippen molar-refractivity contribution in [3.05, 3.63) is 94.4 Å². The Morgan fingerprint density at radius 2 is 1.95 bits per heavy atom. The molecule has 1 aliphatic heterocycles. The van der Waals surface area contributed by atoms with Crippen LogP contribution in [0.1, 0.15) is 51.9 Å². The number of likely N-dealkylation sites (tertiary alicyclic amines) is 1. The molecule has 6 rings (SSSR count). The first-order chi connectivity index (χ1) is 18.7. The number of nitrogens with zero attached hydrogens (tertiary/aromatic N) is 2. The van der Waals surface area contributed by atoms with Gasteiger partial charge in [-0.15, -0.1) is 0 Å². The lowest BCUT2D eigenvalue weighted by molar-refractivity contribution is -0.0651. The first kappa shape index (κ1) is 25.1. The second-order valence-corrected chi connectivity index (χ2v) is 10.9. The van der Waals surface area contributed by atoms with Gasteiger partial charge in [-0.2, -0.15) is 0 Å². The van der Waals surface area contributed by atoms with Crippen molar-refractivity contribution in [2.24, 2.45) is 11.3 Å². The highest BCUT2D eigenvalue weighted by molar-refractivity contribution is 5.93. The van der Waals surface area contributed by atoms with Gasteiger partial charge >= 0.3 is 0 Å². The highest BCUT2D eigenvalue weighted by atomic mass is 19.1. The Bertz CT molecular complexity index is 1650. The van der Waals surface area contributed by atoms with Crippen LogP contribution in [0.25, 0.3) is 10.9 Å². The molecule has 0 bridgehead atoms. The predicted octanol–water partition coefficient (Wildman–Crippen LogP) is 5.07. The van der Waals surface area contributed by atoms with Crippen LogP contribution in [0.3, 0.4) is 0 Å². The second kappa shape index (κ2) is 9.51. The number of para-hydroxylation sites is 1. The second-order valence-electron chi connectivity index (χ2n) is 10.9. The topological polar surface area (TPSA) is 81.3 Å². The summed E-state index contributed by atoms with van der Waals surface area (Å²) in [5, 5.41) is 13.6. The summed E-state index contributed by atoms with van der Waals surface area (Å²) in [6.45, 7) is 4.03. The standard InChI is InChI=1S/C31H28F2N4O2/c1-18-11-19(7-8-20-14-31(15-20)16-37(2)17-31)12-25(34-18)30(39)36-28(23-13-21(32)9-10-26(23)38)29-27(33)22-5-3-4-6-24(22)35-29/h3-6,9-13,20,28,35,38H,14-17H2,1-2H3,(H,36,39). The monoisotopic (exact) mass is 526 g/mol. The van der Waals surface area contributed by atoms with Gasteiger partial charge in [-0.1, -0.05) is 24.0 Å². The van der Waals surface area contributed by atoms with Crippen LogP contribution in [0, 0.1) is 41.7 Å². The van der Waals surface area contributed by atoms with Crippen molar-refractivity contribution in [1.82, 2.24) is 20.2 Å². The van der Waals surface area contributed by atoms with Gasteiger partial charge in [-0.25, -0.2) is 13.8 Å². The molecule has 2 aromatic carbocycles. The zero-order valence-corrected chi connectivity index (χ0v) is 21.7. The predicted molar refractivity (Wildman–Crippen MR) is 144 cm³/mol. The van der Waals surface area contributed by atoms with Crippen LogP contribution in [-0.4, -0.2) is 46.0 Å². The molecule has 4 aromatic rings. The Kier molecular flexibility index (Phi) is 6.12. The van der Waals surface area contributed by atoms with Gasteiger partial charge in [-0.3, -0.25) is 4.79 Å². The minimum absolute atomic E-state index is 0.00123. The molecular formula is C31H28F2N4O2. The Balaban J connectivity index is 1.30. The van der Waals surface area contributed by atoms with Crippen molar-refractivity contribution in [3.63, 3.8) is 0 Å². The Hall–Kier alpha value is -4.22. The quantitative estimate of drug-likeness (QED) is 0.325. The number of hydrogen-bond acceptors (Lipinski definition) is 4. The van der Waals surface area contributed by atoms with Gasteiger partial charge in [0.2, 0.25) is 0 Å². The summed E-state index contributed by atoms with van der Waals surface area (Å²) in [5.74, 6) is 4.77. The number of aryl methyl sites for hydroxylation is 1. The van der Waals surface area contributed by atoms with Gasteiger partial charge in [0.1, 0.15) is 23.3 Å². The number of carbonyl (C=O) groups is 1. The average molecular weight is 527 g/mol. The summed E-state index contributed by atoms with van der Waals surface area (Å²) in [6, 6.07) is 12.3. The number of benzene rings is 2. The highest BCUT2D eigenvalue weighted by Gasteiger charge is 2.50. The molecule has 2 aromatic heterocycles. The molecule has 198 valence electrons. The van der Waals surface area contributed by atoms with E-state index in [1.54, 1.807) is 37.3 Å². The van der Waals surface area contributed by atoms with Crippen molar-refractivity contribution < 1.29 is 18.7 Å². The summed E-state index contributed by atoms with van der Waals surface area (Å²) in [6.07, 6.45) is 2.19. The van der Waals surface area contributed by atoms with Crippen LogP contribution in [-0.2, 0) is 0 Å². The summed E-state index contributed by atoms with van der Waals surface area (Å²) >= 11 is 0. The number of pyridine rings is 1. The number of hydrogen-bond donors (Lipinski definition) is 3. The fraction of sp³-hybridized carbons (Fsp3) is 0.290. The number of aromatic hydroxyl groups is 1. The number of phenols is 1. The van der Waals surface area contributed by atoms with E-state index in [4.69, 9.17) is 0 Å². The Morgan fingerprint density at radius 3 is 2.69 bits per heavy atom. The fourth-order valence-corrected chi connectivity index (χ4v) is 6.08. The van der Waals surface area contributed by atoms with Crippen molar-refractivity contribution in [1.29, 1.82) is 0 Å². The molecule has 3 heterocycles. The zero-order chi connectivity index (χ0) is 27.3. The average Bonchev–Trinajstić information content (AvgIpc) is 3.20. The van der Waals surface area contributed by atoms with E-state index in [2.05, 4.69) is 39.1 Å². The van der Waals surface area contributed by atoms with Gasteiger partial charge in [0.15, 0.2) is 5.82 Å². The maximum atomic E-state index is 15.5. The number of fused-ring (bicyclic) bond motifs is 1. The molecule has 6 nitrogen and oxygen atoms in total. The highest BCUT2D eigenvalue weighted by Crippen LogP contribution is 2.51. The SMILES string of the molecule is Cc1cc(C#CC2CC3(C2)CN(C)C3)cc(C(=O)NC(c2cc(F)ccc2O)c2[nH]c3ccccc3c2F)n1. The lowest BCUT2D eigenvalue weighted by Gasteiger charge is -2.57. The lowest BCUT2D eigenvalue weighted by Crippen LogP contribution is -2.60. The number of phenolic OH excluding ortho intramolecular Hbond substituents is 1. The molecular weight excluding hydrogens is 498 g/mol. The fourth-order valence-electron chi connectivity index (χ4n) is 6.08. The van der Waals surface area contributed by atoms with Gasteiger partial charge in [0, 0.05) is 46.7 Å². The minimum atomic E-state index is -1.20. The molecule has 3 N–H and O–H groups in total. The van der Waals surface area contributed by atoms with Crippen LogP contribution in [0.15, 0.2) is 54.6 Å². The van der Waals surface area contributed by atoms with E-state index < -0.39 is 23.6 Å². The number of rotatable bonds is 4.